The van der Waals surface area contributed by atoms with Crippen LogP contribution >= 0.6 is 0 Å². The number of aliphatic hydroxyl groups excluding tert-OH is 1. The topological polar surface area (TPSA) is 113 Å². The maximum absolute atomic E-state index is 16.4. The van der Waals surface area contributed by atoms with E-state index < -0.39 is 5.82 Å². The lowest BCUT2D eigenvalue weighted by Gasteiger charge is -2.32. The average Bonchev–Trinajstić information content (AvgIpc) is 3.80. The zero-order chi connectivity index (χ0) is 32.2. The van der Waals surface area contributed by atoms with E-state index in [0.29, 0.717) is 42.3 Å². The number of hydrogen-bond acceptors (Lipinski definition) is 9. The summed E-state index contributed by atoms with van der Waals surface area (Å²) >= 11 is 0. The number of hydrogen-bond donors (Lipinski definition) is 2. The molecule has 0 bridgehead atoms. The number of benzene rings is 1. The Labute approximate surface area is 270 Å². The Balaban J connectivity index is 0.000000400. The molecule has 0 amide bonds. The summed E-state index contributed by atoms with van der Waals surface area (Å²) in [7, 11) is 3.41. The number of pyridine rings is 1. The van der Waals surface area contributed by atoms with Gasteiger partial charge in [0.25, 0.3) is 0 Å². The van der Waals surface area contributed by atoms with Gasteiger partial charge in [0, 0.05) is 43.4 Å². The van der Waals surface area contributed by atoms with Crippen LogP contribution in [0.2, 0.25) is 0 Å². The molecule has 2 saturated heterocycles. The minimum atomic E-state index is -0.521. The second-order valence-corrected chi connectivity index (χ2v) is 13.1. The number of aromatic amines is 1. The van der Waals surface area contributed by atoms with E-state index >= 15 is 4.39 Å². The predicted molar refractivity (Wildman–Crippen MR) is 179 cm³/mol. The average molecular weight is 634 g/mol. The van der Waals surface area contributed by atoms with Gasteiger partial charge in [0.1, 0.15) is 17.0 Å². The Morgan fingerprint density at radius 1 is 1.13 bits per heavy atom. The molecule has 1 aromatic carbocycles. The summed E-state index contributed by atoms with van der Waals surface area (Å²) in [6.07, 6.45) is 13.5. The quantitative estimate of drug-likeness (QED) is 0.197. The van der Waals surface area contributed by atoms with Crippen LogP contribution < -0.4 is 9.64 Å². The van der Waals surface area contributed by atoms with E-state index in [1.54, 1.807) is 12.4 Å². The van der Waals surface area contributed by atoms with E-state index in [9.17, 15) is 5.11 Å². The van der Waals surface area contributed by atoms with Gasteiger partial charge in [-0.25, -0.2) is 4.39 Å². The van der Waals surface area contributed by atoms with Gasteiger partial charge in [0.2, 0.25) is 0 Å². The monoisotopic (exact) mass is 633 g/mol. The third kappa shape index (κ3) is 6.82. The standard InChI is InChI=1S/C28H35FN6O3.C7H13N/c1-5-38-10-8-19-16(2)11-22-20(15-31-34-22)23(19)26-24(29)25-21(14-30-26)27(33-28(32-25)37-4)35(3)9-6-7-17-12-18(36)13-17;1-3-7-4-2-6-8(7)5-1/h11,14-15,17-18,36H,5-10,12-13H2,1-4H3,(H,31,34);7H,1-6H2. The molecule has 0 radical (unpaired) electrons. The van der Waals surface area contributed by atoms with E-state index in [2.05, 4.69) is 30.0 Å². The molecule has 3 aromatic heterocycles. The van der Waals surface area contributed by atoms with Crippen molar-refractivity contribution in [3.05, 3.63) is 35.4 Å². The molecule has 248 valence electrons. The van der Waals surface area contributed by atoms with Crippen molar-refractivity contribution >= 4 is 27.6 Å². The van der Waals surface area contributed by atoms with Crippen molar-refractivity contribution in [3.8, 4) is 17.3 Å². The molecule has 7 rings (SSSR count). The van der Waals surface area contributed by atoms with Crippen LogP contribution in [0.3, 0.4) is 0 Å². The predicted octanol–water partition coefficient (Wildman–Crippen LogP) is 5.84. The normalized spacial score (nSPS) is 19.7. The Morgan fingerprint density at radius 2 is 1.91 bits per heavy atom. The highest BCUT2D eigenvalue weighted by Gasteiger charge is 2.29. The van der Waals surface area contributed by atoms with Crippen molar-refractivity contribution in [2.45, 2.75) is 83.8 Å². The van der Waals surface area contributed by atoms with Crippen LogP contribution in [0.25, 0.3) is 33.1 Å². The van der Waals surface area contributed by atoms with Crippen LogP contribution in [0.4, 0.5) is 10.2 Å². The third-order valence-corrected chi connectivity index (χ3v) is 10.0. The van der Waals surface area contributed by atoms with Gasteiger partial charge in [-0.15, -0.1) is 0 Å². The fourth-order valence-electron chi connectivity index (χ4n) is 7.46. The lowest BCUT2D eigenvalue weighted by Crippen LogP contribution is -2.29. The highest BCUT2D eigenvalue weighted by molar-refractivity contribution is 5.99. The van der Waals surface area contributed by atoms with Crippen LogP contribution in [-0.4, -0.2) is 94.3 Å². The summed E-state index contributed by atoms with van der Waals surface area (Å²) in [6, 6.07) is 3.14. The van der Waals surface area contributed by atoms with Gasteiger partial charge < -0.3 is 24.4 Å². The van der Waals surface area contributed by atoms with Crippen molar-refractivity contribution in [2.75, 3.05) is 51.9 Å². The first-order valence-corrected chi connectivity index (χ1v) is 16.9. The van der Waals surface area contributed by atoms with Gasteiger partial charge >= 0.3 is 6.01 Å². The molecule has 1 aliphatic carbocycles. The first-order chi connectivity index (χ1) is 22.4. The molecule has 3 aliphatic rings. The van der Waals surface area contributed by atoms with Crippen LogP contribution in [0, 0.1) is 18.7 Å². The lowest BCUT2D eigenvalue weighted by molar-refractivity contribution is 0.0386. The zero-order valence-corrected chi connectivity index (χ0v) is 27.7. The number of fused-ring (bicyclic) bond motifs is 3. The summed E-state index contributed by atoms with van der Waals surface area (Å²) in [5, 5.41) is 18.1. The number of nitrogens with one attached hydrogen (secondary N) is 1. The molecule has 0 unspecified atom stereocenters. The SMILES string of the molecule is C1CC2CCCN2C1.CCOCCc1c(C)cc2[nH]ncc2c1-c1ncc2c(N(C)CCCC3CC(O)C3)nc(OC)nc2c1F. The molecule has 11 heteroatoms. The lowest BCUT2D eigenvalue weighted by atomic mass is 9.79. The smallest absolute Gasteiger partial charge is 0.318 e. The second kappa shape index (κ2) is 14.6. The molecule has 0 spiro atoms. The Bertz CT molecular complexity index is 1620. The van der Waals surface area contributed by atoms with Gasteiger partial charge in [-0.2, -0.15) is 15.1 Å². The summed E-state index contributed by atoms with van der Waals surface area (Å²) in [6.45, 7) is 8.62. The number of ether oxygens (including phenoxy) is 2. The second-order valence-electron chi connectivity index (χ2n) is 13.1. The summed E-state index contributed by atoms with van der Waals surface area (Å²) < 4.78 is 27.4. The van der Waals surface area contributed by atoms with Crippen molar-refractivity contribution in [2.24, 2.45) is 5.92 Å². The molecule has 1 saturated carbocycles. The number of anilines is 1. The number of methoxy groups -OCH3 is 1. The maximum atomic E-state index is 16.4. The van der Waals surface area contributed by atoms with Crippen molar-refractivity contribution in [1.29, 1.82) is 0 Å². The molecule has 0 atom stereocenters. The zero-order valence-electron chi connectivity index (χ0n) is 27.7. The van der Waals surface area contributed by atoms with E-state index in [1.165, 1.54) is 45.9 Å². The first kappa shape index (κ1) is 32.5. The van der Waals surface area contributed by atoms with E-state index in [-0.39, 0.29) is 23.3 Å². The van der Waals surface area contributed by atoms with Gasteiger partial charge in [0.05, 0.1) is 36.9 Å². The van der Waals surface area contributed by atoms with Gasteiger partial charge in [-0.05, 0) is 108 Å². The number of nitrogens with zero attached hydrogens (tertiary/aromatic N) is 6. The number of halogens is 1. The van der Waals surface area contributed by atoms with Gasteiger partial charge in [0.15, 0.2) is 5.82 Å². The molecular weight excluding hydrogens is 585 g/mol. The van der Waals surface area contributed by atoms with Crippen LogP contribution in [-0.2, 0) is 11.2 Å². The van der Waals surface area contributed by atoms with E-state index in [4.69, 9.17) is 9.47 Å². The highest BCUT2D eigenvalue weighted by atomic mass is 19.1. The van der Waals surface area contributed by atoms with Crippen LogP contribution in [0.1, 0.15) is 69.4 Å². The van der Waals surface area contributed by atoms with Crippen molar-refractivity contribution in [1.82, 2.24) is 30.0 Å². The van der Waals surface area contributed by atoms with E-state index in [0.717, 1.165) is 60.3 Å². The summed E-state index contributed by atoms with van der Waals surface area (Å²) in [4.78, 5) is 18.2. The van der Waals surface area contributed by atoms with Crippen LogP contribution in [0.5, 0.6) is 6.01 Å². The molecule has 46 heavy (non-hydrogen) atoms. The van der Waals surface area contributed by atoms with Crippen LogP contribution in [0.15, 0.2) is 18.5 Å². The largest absolute Gasteiger partial charge is 0.467 e. The molecule has 10 nitrogen and oxygen atoms in total. The number of rotatable bonds is 11. The van der Waals surface area contributed by atoms with Crippen molar-refractivity contribution < 1.29 is 19.0 Å². The fraction of sp³-hybridized carbons (Fsp3) is 0.600. The highest BCUT2D eigenvalue weighted by Crippen LogP contribution is 2.38. The Morgan fingerprint density at radius 3 is 2.61 bits per heavy atom. The number of H-pyrrole nitrogens is 1. The minimum absolute atomic E-state index is 0.104. The number of aromatic nitrogens is 5. The Kier molecular flexibility index (Phi) is 10.3. The first-order valence-electron chi connectivity index (χ1n) is 16.9. The third-order valence-electron chi connectivity index (χ3n) is 10.0. The summed E-state index contributed by atoms with van der Waals surface area (Å²) in [5.74, 6) is 0.627. The molecule has 5 heterocycles. The number of aliphatic hydroxyl groups is 1. The fourth-order valence-corrected chi connectivity index (χ4v) is 7.46. The van der Waals surface area contributed by atoms with Gasteiger partial charge in [-0.3, -0.25) is 10.1 Å². The van der Waals surface area contributed by atoms with E-state index in [1.807, 2.05) is 31.9 Å². The minimum Gasteiger partial charge on any atom is -0.467 e. The molecule has 3 fully saturated rings. The van der Waals surface area contributed by atoms with Crippen molar-refractivity contribution in [3.63, 3.8) is 0 Å². The maximum Gasteiger partial charge on any atom is 0.318 e. The number of aryl methyl sites for hydroxylation is 1. The molecule has 4 aromatic rings. The molecule has 2 aliphatic heterocycles. The molecular formula is C35H48FN7O3. The summed E-state index contributed by atoms with van der Waals surface area (Å²) in [5.41, 5.74) is 3.88. The molecule has 2 N–H and O–H groups in total. The Hall–Kier alpha value is -3.41. The van der Waals surface area contributed by atoms with Gasteiger partial charge in [-0.1, -0.05) is 0 Å².